The molecule has 45 atom stereocenters. The molecule has 119 heavy (non-hydrogen) atoms. The number of aliphatic hydroxyl groups is 21. The van der Waals surface area contributed by atoms with Crippen LogP contribution in [0.3, 0.4) is 0 Å². The van der Waals surface area contributed by atoms with Gasteiger partial charge in [-0.2, -0.15) is 0 Å². The number of hydrogen-bond donors (Lipinski definition) is 23. The third kappa shape index (κ3) is 16.4. The molecule has 13 aliphatic rings. The molecule has 4 saturated carbocycles. The number of amides is 1. The van der Waals surface area contributed by atoms with E-state index in [-0.39, 0.29) is 31.6 Å². The third-order valence-corrected chi connectivity index (χ3v) is 28.9. The summed E-state index contributed by atoms with van der Waals surface area (Å²) in [5, 5.41) is 245. The average molecular weight is 1720 g/mol. The van der Waals surface area contributed by atoms with Crippen molar-refractivity contribution in [2.24, 2.45) is 50.2 Å². The van der Waals surface area contributed by atoms with Crippen molar-refractivity contribution in [2.45, 2.75) is 333 Å². The van der Waals surface area contributed by atoms with Gasteiger partial charge in [-0.3, -0.25) is 9.59 Å². The van der Waals surface area contributed by atoms with Crippen molar-refractivity contribution in [3.8, 4) is 0 Å². The Bertz CT molecular complexity index is 3550. The summed E-state index contributed by atoms with van der Waals surface area (Å²) in [4.78, 5) is 57.4. The molecule has 8 saturated heterocycles. The van der Waals surface area contributed by atoms with Gasteiger partial charge in [-0.15, -0.1) is 0 Å². The van der Waals surface area contributed by atoms with Crippen LogP contribution in [0.5, 0.6) is 0 Å². The van der Waals surface area contributed by atoms with Crippen LogP contribution in [-0.2, 0) is 95.0 Å². The molecule has 43 heteroatoms. The Labute approximate surface area is 682 Å². The molecule has 1 amide bonds. The molecule has 13 rings (SSSR count). The van der Waals surface area contributed by atoms with Crippen LogP contribution >= 0.6 is 0 Å². The smallest absolute Gasteiger partial charge is 0.335 e. The maximum absolute atomic E-state index is 16.2. The molecule has 23 N–H and O–H groups in total. The quantitative estimate of drug-likeness (QED) is 0.0185. The van der Waals surface area contributed by atoms with Crippen LogP contribution in [0.2, 0.25) is 0 Å². The summed E-state index contributed by atoms with van der Waals surface area (Å²) in [6, 6.07) is -1.75. The van der Waals surface area contributed by atoms with Crippen molar-refractivity contribution in [3.63, 3.8) is 0 Å². The lowest BCUT2D eigenvalue weighted by Crippen LogP contribution is -2.70. The maximum Gasteiger partial charge on any atom is 0.335 e. The van der Waals surface area contributed by atoms with Gasteiger partial charge in [-0.25, -0.2) is 4.79 Å². The fourth-order valence-corrected chi connectivity index (χ4v) is 21.6. The normalized spacial score (nSPS) is 53.0. The van der Waals surface area contributed by atoms with E-state index in [0.29, 0.717) is 32.1 Å². The lowest BCUT2D eigenvalue weighted by Gasteiger charge is -2.71. The van der Waals surface area contributed by atoms with E-state index in [1.165, 1.54) is 6.92 Å². The number of carboxylic acid groups (broad SMARTS) is 1. The largest absolute Gasteiger partial charge is 0.479 e. The summed E-state index contributed by atoms with van der Waals surface area (Å²) in [5.41, 5.74) is -7.67. The van der Waals surface area contributed by atoms with Crippen molar-refractivity contribution in [2.75, 3.05) is 52.9 Å². The first-order valence-electron chi connectivity index (χ1n) is 40.6. The van der Waals surface area contributed by atoms with E-state index in [2.05, 4.69) is 25.2 Å². The van der Waals surface area contributed by atoms with Gasteiger partial charge in [0.15, 0.2) is 56.2 Å². The molecule has 8 heterocycles. The van der Waals surface area contributed by atoms with Gasteiger partial charge in [0.1, 0.15) is 158 Å². The molecular weight excluding hydrogens is 1600 g/mol. The van der Waals surface area contributed by atoms with Gasteiger partial charge < -0.3 is 198 Å². The molecule has 0 radical (unpaired) electrons. The standard InChI is InChI=1S/C76H119NO42/c1-27-53(113-63-52(98)54(31(84)22-105-63)114-68-59(99)75(103,25-82)26-107-68)46(92)50(96)64(108-27)117-57-44(90)40(77-39(86)23-106-61-48(94)43(89)34(20-80)110-61)32(18-78)109-66(57)119-69(102)76-15-14-70(2,3)16-29(76)28-8-9-36-71(4)12-11-38(72(5,24-81)35(71)10-13-73(36,6)74(28,7)17-37(76)85)112-67-58(118-65-49(95)45(91)42(88)33(19-79)111-65)55(51(97)56(116-67)60(100)101)115-62-47(93)41(87)30(83)21-104-62/h8,24,27,29-38,40-59,61-68,78-80,82-85,87-99,103H,9-23,25-26H2,1-7H3,(H,77,86)(H,100,101)/t27?,29?,30-,31-,32-,33?,34+,35-,36?,37?,38+,40+,41+,42+,43?,44?,45+,46?,47?,48?,49?,50?,51+,52?,53+,54?,55+,56?,57?,58?,59?,61-,62+,63+,64+,65+,66+,67-,68+,71?,72-,73+,74-,75+,76-/m1/s1. The van der Waals surface area contributed by atoms with Crippen molar-refractivity contribution >= 4 is 24.1 Å². The lowest BCUT2D eigenvalue weighted by molar-refractivity contribution is -0.391. The number of carbonyl (C=O) groups is 4. The Morgan fingerprint density at radius 2 is 1.11 bits per heavy atom. The van der Waals surface area contributed by atoms with Crippen LogP contribution in [0, 0.1) is 50.2 Å². The van der Waals surface area contributed by atoms with E-state index in [4.69, 9.17) is 75.8 Å². The van der Waals surface area contributed by atoms with Crippen molar-refractivity contribution < 1.29 is 207 Å². The first kappa shape index (κ1) is 93.0. The van der Waals surface area contributed by atoms with Gasteiger partial charge in [-0.05, 0) is 104 Å². The topological polar surface area (TPSA) is 673 Å². The SMILES string of the molecule is CC1O[C@@H](OC2C(O)[C@@H](NC(=O)CO[C@@H]3O[C@@H](CO)C(O)C3O)[C@@H](CO)O[C@H]2OC(=O)[C@]23CCC(C)(C)CC2C2=CCC4C5(C)CC[C@H](O[C@@H]6OC(C(=O)O)[C@@H](O)[C@H](O[C@@H]7OC[C@@H](O)[C@H](O)C7O)C6O[C@@H]6OC(CO)[C@H](O)[C@H](O)C6O)[C@](C)(C=O)[C@@H]5CC[C@]4(C)[C@]2(C)CC3O)C(O)C(O)[C@H]1O[C@@H]1OC[C@@H](O)C(O[C@@H]2OC[C@@](O)(CO)C2O)C1O. The molecule has 43 nitrogen and oxygen atoms in total. The summed E-state index contributed by atoms with van der Waals surface area (Å²) in [6.45, 7) is 6.91. The molecule has 0 aromatic heterocycles. The summed E-state index contributed by atoms with van der Waals surface area (Å²) < 4.78 is 94.9. The van der Waals surface area contributed by atoms with Crippen LogP contribution in [0.1, 0.15) is 106 Å². The van der Waals surface area contributed by atoms with E-state index in [1.54, 1.807) is 6.92 Å². The van der Waals surface area contributed by atoms with Gasteiger partial charge >= 0.3 is 11.9 Å². The van der Waals surface area contributed by atoms with Gasteiger partial charge in [0.05, 0.1) is 76.0 Å². The number of carboxylic acids is 1. The predicted molar refractivity (Wildman–Crippen MR) is 383 cm³/mol. The van der Waals surface area contributed by atoms with Gasteiger partial charge in [0.2, 0.25) is 12.2 Å². The van der Waals surface area contributed by atoms with Gasteiger partial charge in [0, 0.05) is 0 Å². The number of nitrogens with one attached hydrogen (secondary N) is 1. The number of aldehydes is 1. The Morgan fingerprint density at radius 3 is 1.76 bits per heavy atom. The highest BCUT2D eigenvalue weighted by Crippen LogP contribution is 2.76. The second-order valence-corrected chi connectivity index (χ2v) is 36.4. The zero-order valence-corrected chi connectivity index (χ0v) is 66.7. The van der Waals surface area contributed by atoms with E-state index < -0.39 is 342 Å². The van der Waals surface area contributed by atoms with Crippen molar-refractivity contribution in [1.82, 2.24) is 5.32 Å². The Morgan fingerprint density at radius 1 is 0.529 bits per heavy atom. The van der Waals surface area contributed by atoms with Crippen molar-refractivity contribution in [1.29, 1.82) is 0 Å². The Kier molecular flexibility index (Phi) is 27.8. The second kappa shape index (κ2) is 35.5. The highest BCUT2D eigenvalue weighted by atomic mass is 16.8. The minimum Gasteiger partial charge on any atom is -0.479 e. The number of carbonyl (C=O) groups excluding carboxylic acids is 3. The summed E-state index contributed by atoms with van der Waals surface area (Å²) in [7, 11) is 0. The molecule has 5 aliphatic carbocycles. The molecule has 0 aromatic rings. The van der Waals surface area contributed by atoms with Crippen LogP contribution in [-0.4, -0.2) is 416 Å². The first-order chi connectivity index (χ1) is 56.0. The fraction of sp³-hybridized carbons (Fsp3) is 0.921. The third-order valence-electron chi connectivity index (χ3n) is 28.9. The van der Waals surface area contributed by atoms with E-state index >= 15 is 4.79 Å². The summed E-state index contributed by atoms with van der Waals surface area (Å²) in [5.74, 6) is -5.56. The van der Waals surface area contributed by atoms with Gasteiger partial charge in [-0.1, -0.05) is 53.2 Å². The molecule has 680 valence electrons. The minimum absolute atomic E-state index is 0.00139. The van der Waals surface area contributed by atoms with E-state index in [0.717, 1.165) is 11.9 Å². The number of ether oxygens (including phenoxy) is 16. The first-order valence-corrected chi connectivity index (χ1v) is 40.6. The maximum atomic E-state index is 16.2. The predicted octanol–water partition coefficient (Wildman–Crippen LogP) is -9.79. The molecular formula is C76H119NO42. The molecule has 8 aliphatic heterocycles. The monoisotopic (exact) mass is 1720 g/mol. The Hall–Kier alpha value is -3.62. The zero-order valence-electron chi connectivity index (χ0n) is 66.7. The summed E-state index contributed by atoms with van der Waals surface area (Å²) in [6.07, 6.45) is -59.8. The number of esters is 1. The molecule has 0 bridgehead atoms. The summed E-state index contributed by atoms with van der Waals surface area (Å²) >= 11 is 0. The number of rotatable bonds is 24. The Balaban J connectivity index is 0.767. The van der Waals surface area contributed by atoms with E-state index in [1.807, 2.05) is 20.8 Å². The molecule has 0 aromatic carbocycles. The molecule has 0 spiro atoms. The van der Waals surface area contributed by atoms with Crippen molar-refractivity contribution in [3.05, 3.63) is 11.6 Å². The zero-order chi connectivity index (χ0) is 86.8. The van der Waals surface area contributed by atoms with Gasteiger partial charge in [0.25, 0.3) is 0 Å². The molecule has 19 unspecified atom stereocenters. The number of fused-ring (bicyclic) bond motifs is 7. The number of hydrogen-bond acceptors (Lipinski definition) is 41. The highest BCUT2D eigenvalue weighted by molar-refractivity contribution is 5.80. The fourth-order valence-electron chi connectivity index (χ4n) is 21.6. The van der Waals surface area contributed by atoms with Crippen LogP contribution in [0.25, 0.3) is 0 Å². The minimum atomic E-state index is -2.26. The highest BCUT2D eigenvalue weighted by Gasteiger charge is 2.74. The van der Waals surface area contributed by atoms with Crippen LogP contribution in [0.4, 0.5) is 0 Å². The number of aliphatic carboxylic acids is 1. The number of aliphatic hydroxyl groups excluding tert-OH is 20. The lowest BCUT2D eigenvalue weighted by atomic mass is 9.33. The molecule has 12 fully saturated rings. The second-order valence-electron chi connectivity index (χ2n) is 36.4. The van der Waals surface area contributed by atoms with Crippen LogP contribution < -0.4 is 5.32 Å². The van der Waals surface area contributed by atoms with E-state index in [9.17, 15) is 127 Å². The number of allylic oxidation sites excluding steroid dienone is 2. The van der Waals surface area contributed by atoms with Crippen LogP contribution in [0.15, 0.2) is 11.6 Å². The average Bonchev–Trinajstić information content (AvgIpc) is 0.954.